The lowest BCUT2D eigenvalue weighted by atomic mass is 9.86. The number of nitrogens with zero attached hydrogens (tertiary/aromatic N) is 1. The quantitative estimate of drug-likeness (QED) is 0.245. The van der Waals surface area contributed by atoms with Crippen molar-refractivity contribution in [2.75, 3.05) is 14.2 Å². The molecule has 38 heavy (non-hydrogen) atoms. The number of carbonyl (C=O) groups excluding carboxylic acids is 2. The highest BCUT2D eigenvalue weighted by molar-refractivity contribution is 5.92. The van der Waals surface area contributed by atoms with Gasteiger partial charge in [-0.05, 0) is 41.3 Å². The number of rotatable bonds is 9. The van der Waals surface area contributed by atoms with Gasteiger partial charge in [-0.15, -0.1) is 0 Å². The van der Waals surface area contributed by atoms with E-state index in [9.17, 15) is 18.4 Å². The van der Waals surface area contributed by atoms with Gasteiger partial charge in [0.05, 0.1) is 20.6 Å². The third-order valence-corrected chi connectivity index (χ3v) is 5.85. The van der Waals surface area contributed by atoms with Gasteiger partial charge in [0.15, 0.2) is 29.1 Å². The third kappa shape index (κ3) is 13.0. The van der Waals surface area contributed by atoms with Crippen LogP contribution in [-0.4, -0.2) is 32.5 Å². The van der Waals surface area contributed by atoms with E-state index in [2.05, 4.69) is 17.2 Å². The van der Waals surface area contributed by atoms with E-state index in [1.807, 2.05) is 0 Å². The van der Waals surface area contributed by atoms with E-state index in [0.717, 1.165) is 11.5 Å². The average Bonchev–Trinajstić information content (AvgIpc) is 2.90. The van der Waals surface area contributed by atoms with Crippen LogP contribution in [0.3, 0.4) is 0 Å². The number of methoxy groups -OCH3 is 2. The molecule has 0 bridgehead atoms. The Bertz CT molecular complexity index is 1020. The van der Waals surface area contributed by atoms with E-state index < -0.39 is 17.5 Å². The molecule has 0 unspecified atom stereocenters. The number of amides is 2. The van der Waals surface area contributed by atoms with Gasteiger partial charge < -0.3 is 26.3 Å². The normalized spacial score (nSPS) is 12.6. The van der Waals surface area contributed by atoms with Crippen LogP contribution in [0.1, 0.15) is 63.0 Å². The molecule has 0 aromatic heterocycles. The molecule has 0 spiro atoms. The zero-order chi connectivity index (χ0) is 28.3. The van der Waals surface area contributed by atoms with Crippen molar-refractivity contribution in [3.05, 3.63) is 59.2 Å². The highest BCUT2D eigenvalue weighted by Gasteiger charge is 2.11. The number of halogens is 2. The maximum atomic E-state index is 13.0. The minimum atomic E-state index is -0.492. The maximum absolute atomic E-state index is 13.0. The molecule has 3 rings (SSSR count). The molecular formula is C28H40F2N4O4. The summed E-state index contributed by atoms with van der Waals surface area (Å²) < 4.78 is 35.5. The molecule has 2 aromatic rings. The third-order valence-electron chi connectivity index (χ3n) is 5.85. The number of guanidine groups is 1. The largest absolute Gasteiger partial charge is 0.494 e. The molecule has 0 aliphatic heterocycles. The fraction of sp³-hybridized carbons (Fsp3) is 0.464. The van der Waals surface area contributed by atoms with Gasteiger partial charge in [0, 0.05) is 6.54 Å². The SMILES string of the molecule is CCCC1CCCCC1.COc1cc(CC(=O)N=C(N)N)ccc1F.COc1cc(CNC=O)ccc1F. The lowest BCUT2D eigenvalue weighted by Gasteiger charge is -2.20. The van der Waals surface area contributed by atoms with Gasteiger partial charge in [-0.2, -0.15) is 4.99 Å². The van der Waals surface area contributed by atoms with Crippen LogP contribution in [0, 0.1) is 17.6 Å². The molecule has 5 N–H and O–H groups in total. The topological polar surface area (TPSA) is 129 Å². The summed E-state index contributed by atoms with van der Waals surface area (Å²) in [5.41, 5.74) is 11.5. The van der Waals surface area contributed by atoms with Crippen molar-refractivity contribution in [3.8, 4) is 11.5 Å². The molecule has 1 saturated carbocycles. The van der Waals surface area contributed by atoms with Crippen LogP contribution < -0.4 is 26.3 Å². The van der Waals surface area contributed by atoms with Gasteiger partial charge in [0.25, 0.3) is 5.91 Å². The monoisotopic (exact) mass is 534 g/mol. The van der Waals surface area contributed by atoms with Gasteiger partial charge >= 0.3 is 0 Å². The molecule has 0 radical (unpaired) electrons. The number of hydrogen-bond donors (Lipinski definition) is 3. The molecule has 0 atom stereocenters. The smallest absolute Gasteiger partial charge is 0.253 e. The summed E-state index contributed by atoms with van der Waals surface area (Å²) >= 11 is 0. The molecule has 2 aromatic carbocycles. The van der Waals surface area contributed by atoms with Crippen molar-refractivity contribution in [1.82, 2.24) is 5.32 Å². The van der Waals surface area contributed by atoms with Crippen LogP contribution >= 0.6 is 0 Å². The van der Waals surface area contributed by atoms with Crippen molar-refractivity contribution < 1.29 is 27.8 Å². The Kier molecular flexibility index (Phi) is 15.8. The lowest BCUT2D eigenvalue weighted by Crippen LogP contribution is -2.24. The summed E-state index contributed by atoms with van der Waals surface area (Å²) in [4.78, 5) is 24.6. The van der Waals surface area contributed by atoms with Crippen molar-refractivity contribution in [1.29, 1.82) is 0 Å². The summed E-state index contributed by atoms with van der Waals surface area (Å²) in [6, 6.07) is 8.56. The van der Waals surface area contributed by atoms with E-state index in [1.165, 1.54) is 83.4 Å². The van der Waals surface area contributed by atoms with Gasteiger partial charge in [0.2, 0.25) is 6.41 Å². The summed E-state index contributed by atoms with van der Waals surface area (Å²) in [6.45, 7) is 2.68. The van der Waals surface area contributed by atoms with Crippen LogP contribution in [0.4, 0.5) is 8.78 Å². The van der Waals surface area contributed by atoms with Crippen molar-refractivity contribution in [2.45, 2.75) is 64.8 Å². The van der Waals surface area contributed by atoms with Crippen LogP contribution in [0.5, 0.6) is 11.5 Å². The van der Waals surface area contributed by atoms with Gasteiger partial charge in [-0.1, -0.05) is 64.0 Å². The van der Waals surface area contributed by atoms with Crippen molar-refractivity contribution in [3.63, 3.8) is 0 Å². The number of aliphatic imine (C=N–C) groups is 1. The first-order valence-corrected chi connectivity index (χ1v) is 12.7. The van der Waals surface area contributed by atoms with Crippen LogP contribution in [0.25, 0.3) is 0 Å². The van der Waals surface area contributed by atoms with Crippen LogP contribution in [-0.2, 0) is 22.6 Å². The van der Waals surface area contributed by atoms with E-state index in [4.69, 9.17) is 20.9 Å². The predicted molar refractivity (Wildman–Crippen MR) is 145 cm³/mol. The van der Waals surface area contributed by atoms with Gasteiger partial charge in [-0.25, -0.2) is 8.78 Å². The fourth-order valence-corrected chi connectivity index (χ4v) is 4.03. The second kappa shape index (κ2) is 18.5. The van der Waals surface area contributed by atoms with Crippen LogP contribution in [0.15, 0.2) is 41.4 Å². The summed E-state index contributed by atoms with van der Waals surface area (Å²) in [6.07, 6.45) is 11.0. The molecule has 1 aliphatic carbocycles. The highest BCUT2D eigenvalue weighted by Crippen LogP contribution is 2.26. The molecule has 10 heteroatoms. The molecule has 0 heterocycles. The Morgan fingerprint density at radius 1 is 1.00 bits per heavy atom. The number of benzene rings is 2. The Morgan fingerprint density at radius 2 is 1.55 bits per heavy atom. The average molecular weight is 535 g/mol. The van der Waals surface area contributed by atoms with E-state index in [-0.39, 0.29) is 23.9 Å². The van der Waals surface area contributed by atoms with Crippen LogP contribution in [0.2, 0.25) is 0 Å². The zero-order valence-electron chi connectivity index (χ0n) is 22.5. The number of ether oxygens (including phenoxy) is 2. The summed E-state index contributed by atoms with van der Waals surface area (Å²) in [5, 5.41) is 2.48. The summed E-state index contributed by atoms with van der Waals surface area (Å²) in [7, 11) is 2.75. The second-order valence-corrected chi connectivity index (χ2v) is 8.84. The molecule has 2 amide bonds. The Balaban J connectivity index is 0.000000296. The van der Waals surface area contributed by atoms with Crippen molar-refractivity contribution >= 4 is 18.3 Å². The first-order valence-electron chi connectivity index (χ1n) is 12.7. The Morgan fingerprint density at radius 3 is 2.05 bits per heavy atom. The molecule has 1 aliphatic rings. The predicted octanol–water partition coefficient (Wildman–Crippen LogP) is 4.62. The molecular weight excluding hydrogens is 494 g/mol. The minimum Gasteiger partial charge on any atom is -0.494 e. The first kappa shape index (κ1) is 32.3. The number of nitrogens with one attached hydrogen (secondary N) is 1. The van der Waals surface area contributed by atoms with Crippen molar-refractivity contribution in [2.24, 2.45) is 22.4 Å². The molecule has 210 valence electrons. The Labute approximate surface area is 223 Å². The number of hydrogen-bond acceptors (Lipinski definition) is 4. The fourth-order valence-electron chi connectivity index (χ4n) is 4.03. The van der Waals surface area contributed by atoms with E-state index in [1.54, 1.807) is 12.1 Å². The molecule has 1 fully saturated rings. The molecule has 0 saturated heterocycles. The standard InChI is InChI=1S/C10H12FN3O2.C9H10FNO2.C9H18/c1-16-8-4-6(2-3-7(8)11)5-9(15)14-10(12)13;1-13-9-4-7(5-11-6-12)2-3-8(9)10;1-2-6-9-7-4-3-5-8-9/h2-4H,5H2,1H3,(H4,12,13,14,15);2-4,6H,5H2,1H3,(H,11,12);9H,2-8H2,1H3. The van der Waals surface area contributed by atoms with Gasteiger partial charge in [-0.3, -0.25) is 9.59 Å². The minimum absolute atomic E-state index is 0.00542. The van der Waals surface area contributed by atoms with E-state index in [0.29, 0.717) is 18.5 Å². The number of carbonyl (C=O) groups is 2. The number of nitrogens with two attached hydrogens (primary N) is 2. The maximum Gasteiger partial charge on any atom is 0.253 e. The highest BCUT2D eigenvalue weighted by atomic mass is 19.1. The van der Waals surface area contributed by atoms with Gasteiger partial charge in [0.1, 0.15) is 0 Å². The molecule has 8 nitrogen and oxygen atoms in total. The zero-order valence-corrected chi connectivity index (χ0v) is 22.5. The lowest BCUT2D eigenvalue weighted by molar-refractivity contribution is -0.117. The van der Waals surface area contributed by atoms with E-state index >= 15 is 0 Å². The summed E-state index contributed by atoms with van der Waals surface area (Å²) in [5.74, 6) is -0.311. The second-order valence-electron chi connectivity index (χ2n) is 8.84. The first-order chi connectivity index (χ1) is 18.2. The Hall–Kier alpha value is -3.69.